The molecule has 1 aromatic rings. The van der Waals surface area contributed by atoms with Gasteiger partial charge in [-0.2, -0.15) is 0 Å². The molecule has 10 nitrogen and oxygen atoms in total. The van der Waals surface area contributed by atoms with Gasteiger partial charge < -0.3 is 23.7 Å². The Kier molecular flexibility index (Phi) is 5.26. The summed E-state index contributed by atoms with van der Waals surface area (Å²) < 4.78 is 25.0. The van der Waals surface area contributed by atoms with E-state index in [9.17, 15) is 19.2 Å². The highest BCUT2D eigenvalue weighted by atomic mass is 16.6. The van der Waals surface area contributed by atoms with Gasteiger partial charge >= 0.3 is 23.9 Å². The molecule has 0 N–H and O–H groups in total. The van der Waals surface area contributed by atoms with E-state index >= 15 is 0 Å². The molecule has 0 aliphatic carbocycles. The Bertz CT molecular complexity index is 976. The van der Waals surface area contributed by atoms with Gasteiger partial charge in [-0.15, -0.1) is 0 Å². The number of hydrogen-bond donors (Lipinski definition) is 0. The van der Waals surface area contributed by atoms with Gasteiger partial charge in [0.05, 0.1) is 39.7 Å². The van der Waals surface area contributed by atoms with Gasteiger partial charge in [-0.3, -0.25) is 4.90 Å². The Labute approximate surface area is 165 Å². The standard InChI is InChI=1S/C19H17NO9/c1-25-16(21)11-12(17(22)26-2)14(19(24)28-4)20-9-7-5-6-8-10(9)29-15(20)13(11)18(23)27-3/h5-8,15H,1-4H3. The van der Waals surface area contributed by atoms with E-state index in [0.29, 0.717) is 11.4 Å². The fraction of sp³-hybridized carbons (Fsp3) is 0.263. The minimum atomic E-state index is -1.27. The third-order valence-corrected chi connectivity index (χ3v) is 4.40. The number of rotatable bonds is 4. The third kappa shape index (κ3) is 2.98. The van der Waals surface area contributed by atoms with Crippen LogP contribution in [0.3, 0.4) is 0 Å². The average Bonchev–Trinajstić information content (AvgIpc) is 3.14. The van der Waals surface area contributed by atoms with E-state index in [4.69, 9.17) is 23.7 Å². The molecular formula is C19H17NO9. The fourth-order valence-electron chi connectivity index (χ4n) is 3.20. The van der Waals surface area contributed by atoms with Crippen LogP contribution in [0.15, 0.2) is 46.7 Å². The summed E-state index contributed by atoms with van der Waals surface area (Å²) >= 11 is 0. The molecular weight excluding hydrogens is 386 g/mol. The first-order chi connectivity index (χ1) is 13.9. The first-order valence-corrected chi connectivity index (χ1v) is 8.28. The van der Waals surface area contributed by atoms with Crippen molar-refractivity contribution in [2.75, 3.05) is 33.3 Å². The first-order valence-electron chi connectivity index (χ1n) is 8.28. The number of nitrogens with zero attached hydrogens (tertiary/aromatic N) is 1. The molecule has 0 bridgehead atoms. The molecule has 29 heavy (non-hydrogen) atoms. The van der Waals surface area contributed by atoms with Crippen LogP contribution < -0.4 is 9.64 Å². The number of fused-ring (bicyclic) bond motifs is 3. The summed E-state index contributed by atoms with van der Waals surface area (Å²) in [4.78, 5) is 51.8. The molecule has 0 spiro atoms. The van der Waals surface area contributed by atoms with Crippen LogP contribution in [0.4, 0.5) is 5.69 Å². The van der Waals surface area contributed by atoms with Crippen LogP contribution in [0.2, 0.25) is 0 Å². The number of hydrogen-bond acceptors (Lipinski definition) is 10. The van der Waals surface area contributed by atoms with Crippen LogP contribution in [-0.2, 0) is 38.1 Å². The maximum atomic E-state index is 12.7. The zero-order valence-corrected chi connectivity index (χ0v) is 16.0. The normalized spacial score (nSPS) is 17.1. The molecule has 0 aromatic heterocycles. The van der Waals surface area contributed by atoms with Crippen molar-refractivity contribution in [3.63, 3.8) is 0 Å². The molecule has 0 saturated heterocycles. The molecule has 2 aliphatic heterocycles. The summed E-state index contributed by atoms with van der Waals surface area (Å²) in [6.07, 6.45) is -1.27. The SMILES string of the molecule is COC(=O)C1=C(C(=O)OC)C2Oc3ccccc3N2C(C(=O)OC)=C1C(=O)OC. The fourth-order valence-corrected chi connectivity index (χ4v) is 3.20. The van der Waals surface area contributed by atoms with Crippen molar-refractivity contribution < 1.29 is 42.9 Å². The van der Waals surface area contributed by atoms with Crippen LogP contribution in [0.1, 0.15) is 0 Å². The van der Waals surface area contributed by atoms with Crippen LogP contribution in [0.25, 0.3) is 0 Å². The Balaban J connectivity index is 2.45. The van der Waals surface area contributed by atoms with E-state index in [1.54, 1.807) is 24.3 Å². The molecule has 1 aromatic carbocycles. The second-order valence-corrected chi connectivity index (χ2v) is 5.79. The second-order valence-electron chi connectivity index (χ2n) is 5.79. The maximum Gasteiger partial charge on any atom is 0.355 e. The predicted octanol–water partition coefficient (Wildman–Crippen LogP) is 0.468. The van der Waals surface area contributed by atoms with Crippen molar-refractivity contribution in [3.8, 4) is 5.75 Å². The Hall–Kier alpha value is -3.82. The van der Waals surface area contributed by atoms with E-state index in [1.807, 2.05) is 0 Å². The van der Waals surface area contributed by atoms with Gasteiger partial charge in [-0.1, -0.05) is 12.1 Å². The molecule has 0 amide bonds. The number of esters is 4. The number of carbonyl (C=O) groups is 4. The number of methoxy groups -OCH3 is 4. The van der Waals surface area contributed by atoms with Crippen molar-refractivity contribution in [3.05, 3.63) is 46.7 Å². The van der Waals surface area contributed by atoms with Gasteiger partial charge in [0.15, 0.2) is 0 Å². The molecule has 1 unspecified atom stereocenters. The lowest BCUT2D eigenvalue weighted by Gasteiger charge is -2.33. The van der Waals surface area contributed by atoms with Gasteiger partial charge in [0.25, 0.3) is 0 Å². The zero-order chi connectivity index (χ0) is 21.3. The van der Waals surface area contributed by atoms with Crippen LogP contribution >= 0.6 is 0 Å². The van der Waals surface area contributed by atoms with Gasteiger partial charge in [0.2, 0.25) is 6.23 Å². The molecule has 0 saturated carbocycles. The van der Waals surface area contributed by atoms with E-state index in [2.05, 4.69) is 0 Å². The minimum Gasteiger partial charge on any atom is -0.465 e. The zero-order valence-electron chi connectivity index (χ0n) is 16.0. The van der Waals surface area contributed by atoms with Gasteiger partial charge in [-0.25, -0.2) is 19.2 Å². The van der Waals surface area contributed by atoms with E-state index in [-0.39, 0.29) is 11.3 Å². The lowest BCUT2D eigenvalue weighted by molar-refractivity contribution is -0.142. The second kappa shape index (κ2) is 7.66. The van der Waals surface area contributed by atoms with Crippen LogP contribution in [0, 0.1) is 0 Å². The topological polar surface area (TPSA) is 118 Å². The molecule has 10 heteroatoms. The summed E-state index contributed by atoms with van der Waals surface area (Å²) in [7, 11) is 4.35. The Morgan fingerprint density at radius 2 is 1.34 bits per heavy atom. The van der Waals surface area contributed by atoms with Crippen molar-refractivity contribution in [1.29, 1.82) is 0 Å². The highest BCUT2D eigenvalue weighted by molar-refractivity contribution is 6.18. The predicted molar refractivity (Wildman–Crippen MR) is 95.5 cm³/mol. The molecule has 0 fully saturated rings. The summed E-state index contributed by atoms with van der Waals surface area (Å²) in [6, 6.07) is 6.58. The Morgan fingerprint density at radius 1 is 0.793 bits per heavy atom. The highest BCUT2D eigenvalue weighted by Gasteiger charge is 2.51. The molecule has 2 aliphatic rings. The lowest BCUT2D eigenvalue weighted by atomic mass is 9.91. The minimum absolute atomic E-state index is 0.315. The maximum absolute atomic E-state index is 12.7. The molecule has 0 radical (unpaired) electrons. The van der Waals surface area contributed by atoms with E-state index < -0.39 is 41.3 Å². The van der Waals surface area contributed by atoms with Gasteiger partial charge in [0.1, 0.15) is 22.6 Å². The van der Waals surface area contributed by atoms with Crippen molar-refractivity contribution >= 4 is 29.6 Å². The molecule has 3 rings (SSSR count). The number of carbonyl (C=O) groups excluding carboxylic acids is 4. The quantitative estimate of drug-likeness (QED) is 0.518. The van der Waals surface area contributed by atoms with Gasteiger partial charge in [-0.05, 0) is 12.1 Å². The van der Waals surface area contributed by atoms with E-state index in [1.165, 1.54) is 4.90 Å². The van der Waals surface area contributed by atoms with Gasteiger partial charge in [0, 0.05) is 0 Å². The number of benzene rings is 1. The number of anilines is 1. The van der Waals surface area contributed by atoms with Crippen molar-refractivity contribution in [1.82, 2.24) is 0 Å². The van der Waals surface area contributed by atoms with Crippen molar-refractivity contribution in [2.24, 2.45) is 0 Å². The number of ether oxygens (including phenoxy) is 5. The summed E-state index contributed by atoms with van der Waals surface area (Å²) in [6.45, 7) is 0. The van der Waals surface area contributed by atoms with E-state index in [0.717, 1.165) is 28.4 Å². The highest BCUT2D eigenvalue weighted by Crippen LogP contribution is 2.47. The molecule has 1 atom stereocenters. The molecule has 2 heterocycles. The van der Waals surface area contributed by atoms with Crippen LogP contribution in [-0.4, -0.2) is 58.5 Å². The number of para-hydroxylation sites is 2. The third-order valence-electron chi connectivity index (χ3n) is 4.40. The molecule has 152 valence electrons. The van der Waals surface area contributed by atoms with Crippen LogP contribution in [0.5, 0.6) is 5.75 Å². The largest absolute Gasteiger partial charge is 0.465 e. The lowest BCUT2D eigenvalue weighted by Crippen LogP contribution is -2.47. The summed E-state index contributed by atoms with van der Waals surface area (Å²) in [5, 5.41) is 0. The van der Waals surface area contributed by atoms with Crippen molar-refractivity contribution in [2.45, 2.75) is 6.23 Å². The summed E-state index contributed by atoms with van der Waals surface area (Å²) in [5.74, 6) is -3.67. The average molecular weight is 403 g/mol. The first kappa shape index (κ1) is 19.9. The monoisotopic (exact) mass is 403 g/mol. The smallest absolute Gasteiger partial charge is 0.355 e. The Morgan fingerprint density at radius 3 is 1.93 bits per heavy atom. The summed E-state index contributed by atoms with van der Waals surface area (Å²) in [5.41, 5.74) is -1.26.